The van der Waals surface area contributed by atoms with Crippen LogP contribution in [-0.4, -0.2) is 20.7 Å². The van der Waals surface area contributed by atoms with E-state index in [9.17, 15) is 4.79 Å². The smallest absolute Gasteiger partial charge is 0.224 e. The number of carbonyl (C=O) groups is 1. The van der Waals surface area contributed by atoms with Crippen LogP contribution in [0.2, 0.25) is 0 Å². The van der Waals surface area contributed by atoms with Gasteiger partial charge < -0.3 is 9.88 Å². The topological polar surface area (TPSA) is 62.7 Å². The minimum atomic E-state index is 0.0758. The Balaban J connectivity index is 1.56. The van der Waals surface area contributed by atoms with Crippen molar-refractivity contribution < 1.29 is 4.79 Å². The van der Waals surface area contributed by atoms with Gasteiger partial charge in [-0.2, -0.15) is 5.10 Å². The van der Waals surface area contributed by atoms with Crippen LogP contribution in [0.15, 0.2) is 24.3 Å². The van der Waals surface area contributed by atoms with Gasteiger partial charge in [-0.3, -0.25) is 9.89 Å². The van der Waals surface area contributed by atoms with Gasteiger partial charge in [0.05, 0.1) is 6.54 Å². The predicted molar refractivity (Wildman–Crippen MR) is 96.3 cm³/mol. The van der Waals surface area contributed by atoms with Crippen molar-refractivity contribution in [3.05, 3.63) is 46.0 Å². The van der Waals surface area contributed by atoms with Crippen LogP contribution in [0, 0.1) is 10.7 Å². The molecule has 1 fully saturated rings. The van der Waals surface area contributed by atoms with Gasteiger partial charge in [-0.05, 0) is 48.5 Å². The molecule has 0 aliphatic heterocycles. The molecule has 1 saturated carbocycles. The number of hydrogen-bond acceptors (Lipinski definition) is 3. The summed E-state index contributed by atoms with van der Waals surface area (Å²) in [6.07, 6.45) is 0.924. The van der Waals surface area contributed by atoms with Crippen LogP contribution < -0.4 is 5.32 Å². The largest absolute Gasteiger partial charge is 0.349 e. The molecule has 6 heteroatoms. The fraction of sp³-hybridized carbons (Fsp3) is 0.500. The third-order valence-corrected chi connectivity index (χ3v) is 5.04. The number of nitrogens with zero attached hydrogens (tertiary/aromatic N) is 2. The second kappa shape index (κ2) is 6.89. The number of rotatable bonds is 6. The van der Waals surface area contributed by atoms with Crippen molar-refractivity contribution in [2.24, 2.45) is 5.92 Å². The van der Waals surface area contributed by atoms with Crippen LogP contribution in [0.1, 0.15) is 56.0 Å². The van der Waals surface area contributed by atoms with Gasteiger partial charge in [0.2, 0.25) is 5.91 Å². The summed E-state index contributed by atoms with van der Waals surface area (Å²) < 4.78 is 2.49. The van der Waals surface area contributed by atoms with Gasteiger partial charge in [0.25, 0.3) is 0 Å². The van der Waals surface area contributed by atoms with Crippen molar-refractivity contribution in [2.75, 3.05) is 0 Å². The first-order valence-corrected chi connectivity index (χ1v) is 8.93. The molecule has 128 valence electrons. The molecule has 5 nitrogen and oxygen atoms in total. The van der Waals surface area contributed by atoms with E-state index in [0.717, 1.165) is 18.8 Å². The normalized spacial score (nSPS) is 19.5. The zero-order valence-electron chi connectivity index (χ0n) is 14.4. The highest BCUT2D eigenvalue weighted by Gasteiger charge is 2.43. The molecule has 1 amide bonds. The molecule has 1 aliphatic rings. The number of H-pyrrole nitrogens is 1. The third-order valence-electron chi connectivity index (χ3n) is 4.73. The van der Waals surface area contributed by atoms with Crippen LogP contribution in [0.25, 0.3) is 0 Å². The third kappa shape index (κ3) is 3.43. The second-order valence-corrected chi connectivity index (χ2v) is 7.06. The van der Waals surface area contributed by atoms with E-state index >= 15 is 0 Å². The zero-order chi connectivity index (χ0) is 17.3. The van der Waals surface area contributed by atoms with Crippen molar-refractivity contribution >= 4 is 18.1 Å². The predicted octanol–water partition coefficient (Wildman–Crippen LogP) is 3.50. The maximum atomic E-state index is 12.4. The van der Waals surface area contributed by atoms with E-state index in [1.807, 2.05) is 11.5 Å². The summed E-state index contributed by atoms with van der Waals surface area (Å²) in [4.78, 5) is 12.4. The average Bonchev–Trinajstić information content (AvgIpc) is 3.30. The Hall–Kier alpha value is -1.95. The molecular weight excluding hydrogens is 320 g/mol. The first kappa shape index (κ1) is 16.9. The summed E-state index contributed by atoms with van der Waals surface area (Å²) in [6, 6.07) is 8.67. The lowest BCUT2D eigenvalue weighted by Crippen LogP contribution is -2.26. The quantitative estimate of drug-likeness (QED) is 0.788. The molecule has 0 saturated heterocycles. The minimum absolute atomic E-state index is 0.0758. The van der Waals surface area contributed by atoms with E-state index in [1.165, 1.54) is 11.1 Å². The summed E-state index contributed by atoms with van der Waals surface area (Å²) >= 11 is 5.16. The number of nitrogens with one attached hydrogen (secondary N) is 2. The average molecular weight is 344 g/mol. The van der Waals surface area contributed by atoms with E-state index in [1.54, 1.807) is 0 Å². The number of carbonyl (C=O) groups excluding carboxylic acids is 1. The lowest BCUT2D eigenvalue weighted by atomic mass is 10.00. The highest BCUT2D eigenvalue weighted by atomic mass is 32.1. The maximum absolute atomic E-state index is 12.4. The standard InChI is InChI=1S/C18H24N4OS/c1-4-22-16(20-21-18(22)24)10-19-17(23)15-9-14(15)13-7-5-12(6-8-13)11(2)3/h5-8,11,14-15H,4,9-10H2,1-3H3,(H,19,23)(H,21,24)/t14-,15+/m1/s1. The number of aromatic nitrogens is 3. The van der Waals surface area contributed by atoms with Crippen LogP contribution in [-0.2, 0) is 17.9 Å². The van der Waals surface area contributed by atoms with E-state index in [0.29, 0.717) is 23.2 Å². The van der Waals surface area contributed by atoms with Crippen molar-refractivity contribution in [2.45, 2.75) is 52.1 Å². The molecule has 1 aliphatic carbocycles. The summed E-state index contributed by atoms with van der Waals surface area (Å²) in [7, 11) is 0. The lowest BCUT2D eigenvalue weighted by molar-refractivity contribution is -0.122. The summed E-state index contributed by atoms with van der Waals surface area (Å²) in [5.41, 5.74) is 2.60. The molecule has 0 bridgehead atoms. The van der Waals surface area contributed by atoms with E-state index < -0.39 is 0 Å². The summed E-state index contributed by atoms with van der Waals surface area (Å²) in [6.45, 7) is 7.54. The van der Waals surface area contributed by atoms with Crippen molar-refractivity contribution in [3.8, 4) is 0 Å². The van der Waals surface area contributed by atoms with Crippen LogP contribution in [0.3, 0.4) is 0 Å². The number of hydrogen-bond donors (Lipinski definition) is 2. The molecule has 2 atom stereocenters. The molecule has 2 N–H and O–H groups in total. The Morgan fingerprint density at radius 3 is 2.75 bits per heavy atom. The molecule has 2 aromatic rings. The summed E-state index contributed by atoms with van der Waals surface area (Å²) in [5.74, 6) is 1.83. The van der Waals surface area contributed by atoms with Crippen LogP contribution >= 0.6 is 12.2 Å². The van der Waals surface area contributed by atoms with Gasteiger partial charge in [-0.25, -0.2) is 0 Å². The molecule has 1 aromatic heterocycles. The zero-order valence-corrected chi connectivity index (χ0v) is 15.2. The Bertz CT molecular complexity index is 775. The molecular formula is C18H24N4OS. The molecule has 3 rings (SSSR count). The number of benzene rings is 1. The van der Waals surface area contributed by atoms with Crippen LogP contribution in [0.5, 0.6) is 0 Å². The minimum Gasteiger partial charge on any atom is -0.349 e. The van der Waals surface area contributed by atoms with Gasteiger partial charge in [0.1, 0.15) is 0 Å². The maximum Gasteiger partial charge on any atom is 0.224 e. The van der Waals surface area contributed by atoms with E-state index in [4.69, 9.17) is 12.2 Å². The summed E-state index contributed by atoms with van der Waals surface area (Å²) in [5, 5.41) is 9.93. The van der Waals surface area contributed by atoms with E-state index in [2.05, 4.69) is 53.6 Å². The van der Waals surface area contributed by atoms with Crippen LogP contribution in [0.4, 0.5) is 0 Å². The molecule has 0 radical (unpaired) electrons. The van der Waals surface area contributed by atoms with Gasteiger partial charge in [-0.1, -0.05) is 38.1 Å². The molecule has 0 spiro atoms. The van der Waals surface area contributed by atoms with Crippen molar-refractivity contribution in [3.63, 3.8) is 0 Å². The molecule has 1 aromatic carbocycles. The van der Waals surface area contributed by atoms with Crippen molar-refractivity contribution in [1.82, 2.24) is 20.1 Å². The first-order chi connectivity index (χ1) is 11.5. The van der Waals surface area contributed by atoms with Crippen molar-refractivity contribution in [1.29, 1.82) is 0 Å². The molecule has 0 unspecified atom stereocenters. The monoisotopic (exact) mass is 344 g/mol. The van der Waals surface area contributed by atoms with E-state index in [-0.39, 0.29) is 11.8 Å². The number of amides is 1. The SMILES string of the molecule is CCn1c(CNC(=O)[C@H]2C[C@@H]2c2ccc(C(C)C)cc2)n[nH]c1=S. The highest BCUT2D eigenvalue weighted by molar-refractivity contribution is 7.71. The van der Waals surface area contributed by atoms with Gasteiger partial charge in [0, 0.05) is 12.5 Å². The fourth-order valence-corrected chi connectivity index (χ4v) is 3.37. The van der Waals surface area contributed by atoms with Gasteiger partial charge in [0.15, 0.2) is 10.6 Å². The second-order valence-electron chi connectivity index (χ2n) is 6.68. The first-order valence-electron chi connectivity index (χ1n) is 8.53. The highest BCUT2D eigenvalue weighted by Crippen LogP contribution is 2.47. The fourth-order valence-electron chi connectivity index (χ4n) is 3.09. The lowest BCUT2D eigenvalue weighted by Gasteiger charge is -2.08. The Kier molecular flexibility index (Phi) is 4.85. The Morgan fingerprint density at radius 1 is 1.42 bits per heavy atom. The van der Waals surface area contributed by atoms with Gasteiger partial charge >= 0.3 is 0 Å². The Labute approximate surface area is 147 Å². The Morgan fingerprint density at radius 2 is 2.12 bits per heavy atom. The van der Waals surface area contributed by atoms with Gasteiger partial charge in [-0.15, -0.1) is 0 Å². The molecule has 1 heterocycles. The number of aromatic amines is 1. The molecule has 24 heavy (non-hydrogen) atoms.